The monoisotopic (exact) mass is 524 g/mol. The Morgan fingerprint density at radius 2 is 1.63 bits per heavy atom. The first kappa shape index (κ1) is 25.1. The number of aromatic nitrogens is 1. The normalized spacial score (nSPS) is 15.0. The summed E-state index contributed by atoms with van der Waals surface area (Å²) in [7, 11) is 0. The van der Waals surface area contributed by atoms with E-state index in [1.54, 1.807) is 41.8 Å². The second-order valence-electron chi connectivity index (χ2n) is 8.47. The van der Waals surface area contributed by atoms with Gasteiger partial charge < -0.3 is 9.47 Å². The summed E-state index contributed by atoms with van der Waals surface area (Å²) in [6.45, 7) is 3.25. The van der Waals surface area contributed by atoms with E-state index in [-0.39, 0.29) is 12.2 Å². The number of benzene rings is 3. The molecule has 0 radical (unpaired) electrons. The summed E-state index contributed by atoms with van der Waals surface area (Å²) in [4.78, 5) is 44.2. The Bertz CT molecular complexity index is 1720. The molecule has 7 nitrogen and oxygen atoms in total. The second kappa shape index (κ2) is 10.8. The lowest BCUT2D eigenvalue weighted by atomic mass is 9.93. The summed E-state index contributed by atoms with van der Waals surface area (Å²) in [6, 6.07) is 25.0. The van der Waals surface area contributed by atoms with Gasteiger partial charge in [0.2, 0.25) is 0 Å². The van der Waals surface area contributed by atoms with E-state index in [1.165, 1.54) is 18.3 Å². The van der Waals surface area contributed by atoms with Gasteiger partial charge in [-0.1, -0.05) is 90.2 Å². The molecule has 2 heterocycles. The molecule has 5 rings (SSSR count). The molecule has 0 aliphatic carbocycles. The molecule has 38 heavy (non-hydrogen) atoms. The molecule has 0 unspecified atom stereocenters. The van der Waals surface area contributed by atoms with E-state index in [0.29, 0.717) is 31.9 Å². The van der Waals surface area contributed by atoms with Crippen molar-refractivity contribution in [3.05, 3.63) is 127 Å². The molecule has 1 aromatic heterocycles. The zero-order chi connectivity index (χ0) is 26.6. The largest absolute Gasteiger partial charge is 0.463 e. The molecule has 0 fully saturated rings. The van der Waals surface area contributed by atoms with E-state index in [1.807, 2.05) is 60.7 Å². The number of carbonyl (C=O) groups excluding carboxylic acids is 2. The molecule has 0 spiro atoms. The van der Waals surface area contributed by atoms with Crippen LogP contribution in [0, 0.1) is 0 Å². The maximum absolute atomic E-state index is 13.9. The number of carbonyl (C=O) groups is 2. The van der Waals surface area contributed by atoms with Crippen LogP contribution in [-0.2, 0) is 14.3 Å². The van der Waals surface area contributed by atoms with Crippen molar-refractivity contribution < 1.29 is 19.1 Å². The molecule has 8 heteroatoms. The standard InChI is InChI=1S/C30H24N2O5S/c1-3-36-29(35)25-26(20-12-6-4-7-13-20)31-30-32(27(25)21-14-8-5-9-15-21)28(34)24(38-30)18-22-16-10-11-17-23(22)37-19(2)33/h4-18,27H,3H2,1-2H3/b24-18-/t27-/m0/s1. The topological polar surface area (TPSA) is 87.0 Å². The predicted molar refractivity (Wildman–Crippen MR) is 145 cm³/mol. The van der Waals surface area contributed by atoms with Gasteiger partial charge in [0.05, 0.1) is 28.5 Å². The van der Waals surface area contributed by atoms with Crippen molar-refractivity contribution in [3.63, 3.8) is 0 Å². The van der Waals surface area contributed by atoms with Crippen LogP contribution in [-0.4, -0.2) is 23.1 Å². The molecule has 190 valence electrons. The Balaban J connectivity index is 1.81. The maximum atomic E-state index is 13.9. The van der Waals surface area contributed by atoms with Gasteiger partial charge in [-0.2, -0.15) is 0 Å². The van der Waals surface area contributed by atoms with Gasteiger partial charge in [0.15, 0.2) is 4.80 Å². The van der Waals surface area contributed by atoms with Crippen LogP contribution in [0.15, 0.2) is 100 Å². The Kier molecular flexibility index (Phi) is 7.15. The minimum Gasteiger partial charge on any atom is -0.463 e. The Labute approximate surface area is 222 Å². The van der Waals surface area contributed by atoms with Gasteiger partial charge >= 0.3 is 11.9 Å². The number of rotatable bonds is 6. The number of fused-ring (bicyclic) bond motifs is 1. The van der Waals surface area contributed by atoms with E-state index < -0.39 is 18.0 Å². The van der Waals surface area contributed by atoms with Crippen molar-refractivity contribution in [2.75, 3.05) is 6.61 Å². The molecule has 1 aliphatic heterocycles. The average molecular weight is 525 g/mol. The molecule has 0 N–H and O–H groups in total. The minimum atomic E-state index is -0.743. The SMILES string of the molecule is CCOC(=O)C1=C(c2ccccc2)N=c2s/c(=C\c3ccccc3OC(C)=O)c(=O)n2[C@H]1c1ccccc1. The Morgan fingerprint density at radius 3 is 2.32 bits per heavy atom. The average Bonchev–Trinajstić information content (AvgIpc) is 3.24. The summed E-state index contributed by atoms with van der Waals surface area (Å²) in [5.41, 5.74) is 2.53. The summed E-state index contributed by atoms with van der Waals surface area (Å²) in [5, 5.41) is 0. The van der Waals surface area contributed by atoms with E-state index in [4.69, 9.17) is 14.5 Å². The lowest BCUT2D eigenvalue weighted by Gasteiger charge is -2.25. The van der Waals surface area contributed by atoms with Crippen LogP contribution < -0.4 is 19.6 Å². The van der Waals surface area contributed by atoms with Crippen LogP contribution in [0.2, 0.25) is 0 Å². The predicted octanol–water partition coefficient (Wildman–Crippen LogP) is 3.86. The van der Waals surface area contributed by atoms with Gasteiger partial charge in [0.1, 0.15) is 5.75 Å². The highest BCUT2D eigenvalue weighted by molar-refractivity contribution is 7.07. The molecule has 0 saturated heterocycles. The third kappa shape index (κ3) is 4.86. The van der Waals surface area contributed by atoms with Crippen molar-refractivity contribution in [1.29, 1.82) is 0 Å². The number of ether oxygens (including phenoxy) is 2. The molecular formula is C30H24N2O5S. The van der Waals surface area contributed by atoms with Gasteiger partial charge in [-0.25, -0.2) is 9.79 Å². The summed E-state index contributed by atoms with van der Waals surface area (Å²) >= 11 is 1.21. The first-order valence-corrected chi connectivity index (χ1v) is 12.9. The molecule has 0 bridgehead atoms. The molecule has 4 aromatic rings. The first-order chi connectivity index (χ1) is 18.5. The van der Waals surface area contributed by atoms with Gasteiger partial charge in [-0.05, 0) is 24.6 Å². The highest BCUT2D eigenvalue weighted by Crippen LogP contribution is 2.35. The van der Waals surface area contributed by atoms with Crippen molar-refractivity contribution in [3.8, 4) is 5.75 Å². The lowest BCUT2D eigenvalue weighted by molar-refractivity contribution is -0.139. The Morgan fingerprint density at radius 1 is 0.974 bits per heavy atom. The molecule has 0 saturated carbocycles. The fraction of sp³-hybridized carbons (Fsp3) is 0.133. The van der Waals surface area contributed by atoms with Crippen LogP contribution in [0.3, 0.4) is 0 Å². The number of thiazole rings is 1. The fourth-order valence-corrected chi connectivity index (χ4v) is 5.37. The zero-order valence-electron chi connectivity index (χ0n) is 20.8. The Hall–Kier alpha value is -4.56. The fourth-order valence-electron chi connectivity index (χ4n) is 4.38. The van der Waals surface area contributed by atoms with Gasteiger partial charge in [-0.3, -0.25) is 14.2 Å². The van der Waals surface area contributed by atoms with E-state index in [2.05, 4.69) is 0 Å². The van der Waals surface area contributed by atoms with E-state index in [9.17, 15) is 14.4 Å². The van der Waals surface area contributed by atoms with Crippen molar-refractivity contribution in [1.82, 2.24) is 4.57 Å². The molecule has 0 amide bonds. The van der Waals surface area contributed by atoms with Crippen LogP contribution in [0.4, 0.5) is 0 Å². The number of hydrogen-bond donors (Lipinski definition) is 0. The van der Waals surface area contributed by atoms with Gasteiger partial charge in [0, 0.05) is 18.1 Å². The first-order valence-electron chi connectivity index (χ1n) is 12.1. The number of hydrogen-bond acceptors (Lipinski definition) is 7. The smallest absolute Gasteiger partial charge is 0.338 e. The summed E-state index contributed by atoms with van der Waals surface area (Å²) in [5.74, 6) is -0.635. The maximum Gasteiger partial charge on any atom is 0.338 e. The molecule has 1 atom stereocenters. The summed E-state index contributed by atoms with van der Waals surface area (Å²) in [6.07, 6.45) is 1.68. The van der Waals surface area contributed by atoms with Crippen LogP contribution in [0.5, 0.6) is 5.75 Å². The van der Waals surface area contributed by atoms with E-state index >= 15 is 0 Å². The number of nitrogens with zero attached hydrogens (tertiary/aromatic N) is 2. The molecule has 1 aliphatic rings. The quantitative estimate of drug-likeness (QED) is 0.282. The van der Waals surface area contributed by atoms with Crippen LogP contribution in [0.1, 0.15) is 36.6 Å². The molecular weight excluding hydrogens is 500 g/mol. The van der Waals surface area contributed by atoms with Crippen LogP contribution >= 0.6 is 11.3 Å². The highest BCUT2D eigenvalue weighted by Gasteiger charge is 2.35. The van der Waals surface area contributed by atoms with Gasteiger partial charge in [0.25, 0.3) is 5.56 Å². The number of para-hydroxylation sites is 1. The molecule has 3 aromatic carbocycles. The second-order valence-corrected chi connectivity index (χ2v) is 9.48. The van der Waals surface area contributed by atoms with Crippen LogP contribution in [0.25, 0.3) is 11.8 Å². The van der Waals surface area contributed by atoms with Crippen molar-refractivity contribution in [2.24, 2.45) is 4.99 Å². The van der Waals surface area contributed by atoms with Crippen molar-refractivity contribution >= 4 is 35.0 Å². The minimum absolute atomic E-state index is 0.184. The zero-order valence-corrected chi connectivity index (χ0v) is 21.6. The lowest BCUT2D eigenvalue weighted by Crippen LogP contribution is -2.40. The van der Waals surface area contributed by atoms with E-state index in [0.717, 1.165) is 11.1 Å². The summed E-state index contributed by atoms with van der Waals surface area (Å²) < 4.78 is 12.7. The van der Waals surface area contributed by atoms with Gasteiger partial charge in [-0.15, -0.1) is 0 Å². The highest BCUT2D eigenvalue weighted by atomic mass is 32.1. The third-order valence-corrected chi connectivity index (χ3v) is 6.93. The number of esters is 2. The third-order valence-electron chi connectivity index (χ3n) is 5.95. The van der Waals surface area contributed by atoms with Crippen molar-refractivity contribution in [2.45, 2.75) is 19.9 Å².